The second-order valence-corrected chi connectivity index (χ2v) is 11.1. The van der Waals surface area contributed by atoms with Crippen LogP contribution in [0.2, 0.25) is 0 Å². The van der Waals surface area contributed by atoms with Crippen LogP contribution in [-0.2, 0) is 11.8 Å². The summed E-state index contributed by atoms with van der Waals surface area (Å²) in [6, 6.07) is 13.2. The number of rotatable bonds is 5. The van der Waals surface area contributed by atoms with Crippen LogP contribution in [0, 0.1) is 12.8 Å². The molecule has 1 atom stereocenters. The first kappa shape index (κ1) is 25.1. The molecule has 0 N–H and O–H groups in total. The second kappa shape index (κ2) is 10.3. The lowest BCUT2D eigenvalue weighted by atomic mass is 9.86. The minimum absolute atomic E-state index is 0.0862. The zero-order valence-corrected chi connectivity index (χ0v) is 23.4. The van der Waals surface area contributed by atoms with Crippen LogP contribution in [0.3, 0.4) is 0 Å². The van der Waals surface area contributed by atoms with Gasteiger partial charge in [-0.3, -0.25) is 4.98 Å². The monoisotopic (exact) mass is 537 g/mol. The molecule has 0 saturated carbocycles. The van der Waals surface area contributed by atoms with E-state index >= 15 is 0 Å². The smallest absolute Gasteiger partial charge is 0.227 e. The summed E-state index contributed by atoms with van der Waals surface area (Å²) < 4.78 is 10.1. The van der Waals surface area contributed by atoms with E-state index in [4.69, 9.17) is 19.7 Å². The van der Waals surface area contributed by atoms with Crippen molar-refractivity contribution < 1.29 is 4.74 Å². The SMILES string of the molecule is Cc1nnn(C)c1-c1cnc2c3cnc(N4CCN(C)CC4)nc3n(C(c3ccccc3)C3CCOCC3)c2c1. The van der Waals surface area contributed by atoms with Crippen LogP contribution in [-0.4, -0.2) is 85.9 Å². The molecule has 0 spiro atoms. The Morgan fingerprint density at radius 2 is 1.73 bits per heavy atom. The van der Waals surface area contributed by atoms with Crippen molar-refractivity contribution in [1.29, 1.82) is 0 Å². The van der Waals surface area contributed by atoms with Crippen molar-refractivity contribution >= 4 is 28.0 Å². The molecule has 2 fully saturated rings. The Labute approximate surface area is 233 Å². The molecule has 1 aromatic carbocycles. The lowest BCUT2D eigenvalue weighted by Crippen LogP contribution is -2.45. The van der Waals surface area contributed by atoms with Crippen molar-refractivity contribution in [2.24, 2.45) is 13.0 Å². The molecule has 6 heterocycles. The second-order valence-electron chi connectivity index (χ2n) is 11.1. The Hall–Kier alpha value is -3.89. The maximum absolute atomic E-state index is 5.81. The van der Waals surface area contributed by atoms with Gasteiger partial charge in [0.15, 0.2) is 0 Å². The molecule has 10 nitrogen and oxygen atoms in total. The van der Waals surface area contributed by atoms with Crippen molar-refractivity contribution in [2.75, 3.05) is 51.3 Å². The van der Waals surface area contributed by atoms with Gasteiger partial charge in [-0.05, 0) is 44.4 Å². The predicted molar refractivity (Wildman–Crippen MR) is 155 cm³/mol. The first-order valence-electron chi connectivity index (χ1n) is 14.2. The molecule has 2 aliphatic rings. The van der Waals surface area contributed by atoms with Crippen molar-refractivity contribution in [3.63, 3.8) is 0 Å². The summed E-state index contributed by atoms with van der Waals surface area (Å²) in [6.07, 6.45) is 5.90. The van der Waals surface area contributed by atoms with Crippen molar-refractivity contribution in [1.82, 2.24) is 39.4 Å². The molecule has 10 heteroatoms. The quantitative estimate of drug-likeness (QED) is 0.334. The summed E-state index contributed by atoms with van der Waals surface area (Å²) in [7, 11) is 4.10. The summed E-state index contributed by atoms with van der Waals surface area (Å²) in [5.74, 6) is 1.19. The van der Waals surface area contributed by atoms with Gasteiger partial charge in [-0.15, -0.1) is 5.10 Å². The number of benzene rings is 1. The molecule has 0 bridgehead atoms. The van der Waals surface area contributed by atoms with E-state index < -0.39 is 0 Å². The van der Waals surface area contributed by atoms with Crippen LogP contribution >= 0.6 is 0 Å². The average molecular weight is 538 g/mol. The van der Waals surface area contributed by atoms with E-state index in [0.29, 0.717) is 5.92 Å². The molecule has 0 aliphatic carbocycles. The third kappa shape index (κ3) is 4.31. The number of pyridine rings is 1. The number of nitrogens with zero attached hydrogens (tertiary/aromatic N) is 9. The number of piperazine rings is 1. The fraction of sp³-hybridized carbons (Fsp3) is 0.433. The lowest BCUT2D eigenvalue weighted by Gasteiger charge is -2.33. The van der Waals surface area contributed by atoms with Gasteiger partial charge in [-0.2, -0.15) is 4.98 Å². The number of aryl methyl sites for hydroxylation is 2. The molecule has 4 aromatic heterocycles. The third-order valence-electron chi connectivity index (χ3n) is 8.55. The molecule has 1 unspecified atom stereocenters. The minimum atomic E-state index is 0.0862. The van der Waals surface area contributed by atoms with Gasteiger partial charge in [0.05, 0.1) is 33.8 Å². The normalized spacial score (nSPS) is 18.1. The van der Waals surface area contributed by atoms with Crippen LogP contribution in [0.5, 0.6) is 0 Å². The highest BCUT2D eigenvalue weighted by Gasteiger charge is 2.31. The van der Waals surface area contributed by atoms with Gasteiger partial charge < -0.3 is 19.1 Å². The maximum Gasteiger partial charge on any atom is 0.227 e. The third-order valence-corrected chi connectivity index (χ3v) is 8.55. The first-order valence-corrected chi connectivity index (χ1v) is 14.2. The Kier molecular flexibility index (Phi) is 6.44. The molecular weight excluding hydrogens is 502 g/mol. The van der Waals surface area contributed by atoms with E-state index in [1.165, 1.54) is 5.56 Å². The molecule has 2 aliphatic heterocycles. The number of ether oxygens (including phenoxy) is 1. The Morgan fingerprint density at radius 1 is 0.950 bits per heavy atom. The van der Waals surface area contributed by atoms with Crippen LogP contribution in [0.15, 0.2) is 48.8 Å². The van der Waals surface area contributed by atoms with E-state index in [9.17, 15) is 0 Å². The number of anilines is 1. The van der Waals surface area contributed by atoms with Crippen LogP contribution in [0.4, 0.5) is 5.95 Å². The van der Waals surface area contributed by atoms with E-state index in [1.807, 2.05) is 31.0 Å². The van der Waals surface area contributed by atoms with E-state index in [0.717, 1.165) is 97.2 Å². The first-order chi connectivity index (χ1) is 19.6. The fourth-order valence-corrected chi connectivity index (χ4v) is 6.41. The minimum Gasteiger partial charge on any atom is -0.381 e. The summed E-state index contributed by atoms with van der Waals surface area (Å²) in [5, 5.41) is 9.52. The molecule has 40 heavy (non-hydrogen) atoms. The highest BCUT2D eigenvalue weighted by molar-refractivity contribution is 6.05. The highest BCUT2D eigenvalue weighted by Crippen LogP contribution is 2.40. The van der Waals surface area contributed by atoms with Gasteiger partial charge in [0, 0.05) is 64.4 Å². The van der Waals surface area contributed by atoms with Gasteiger partial charge in [0.2, 0.25) is 5.95 Å². The van der Waals surface area contributed by atoms with E-state index in [-0.39, 0.29) is 6.04 Å². The standard InChI is InChI=1S/C30H35N9O/c1-20-27(37(3)35-34-20)23-17-25-26(31-18-23)24-19-32-30(38-13-11-36(2)12-14-38)33-29(24)39(25)28(21-7-5-4-6-8-21)22-9-15-40-16-10-22/h4-8,17-19,22,28H,9-16H2,1-3H3. The van der Waals surface area contributed by atoms with Gasteiger partial charge in [0.25, 0.3) is 0 Å². The topological polar surface area (TPSA) is 90.0 Å². The van der Waals surface area contributed by atoms with E-state index in [1.54, 1.807) is 0 Å². The number of hydrogen-bond acceptors (Lipinski definition) is 8. The summed E-state index contributed by atoms with van der Waals surface area (Å²) in [4.78, 5) is 19.8. The molecule has 206 valence electrons. The fourth-order valence-electron chi connectivity index (χ4n) is 6.41. The van der Waals surface area contributed by atoms with Crippen molar-refractivity contribution in [2.45, 2.75) is 25.8 Å². The van der Waals surface area contributed by atoms with Gasteiger partial charge in [-0.25, -0.2) is 9.67 Å². The molecule has 2 saturated heterocycles. The number of hydrogen-bond donors (Lipinski definition) is 0. The van der Waals surface area contributed by atoms with Crippen LogP contribution in [0.1, 0.15) is 30.1 Å². The summed E-state index contributed by atoms with van der Waals surface area (Å²) in [5.41, 5.74) is 7.03. The van der Waals surface area contributed by atoms with Crippen LogP contribution in [0.25, 0.3) is 33.3 Å². The molecule has 7 rings (SSSR count). The Balaban J connectivity index is 1.49. The lowest BCUT2D eigenvalue weighted by molar-refractivity contribution is 0.0552. The molecule has 0 radical (unpaired) electrons. The molecule has 5 aromatic rings. The molecular formula is C30H35N9O. The number of likely N-dealkylation sites (N-methyl/N-ethyl adjacent to an activating group) is 1. The average Bonchev–Trinajstić information content (AvgIpc) is 3.50. The maximum atomic E-state index is 5.81. The Bertz CT molecular complexity index is 1630. The molecule has 0 amide bonds. The number of fused-ring (bicyclic) bond motifs is 3. The van der Waals surface area contributed by atoms with Gasteiger partial charge >= 0.3 is 0 Å². The summed E-state index contributed by atoms with van der Waals surface area (Å²) in [6.45, 7) is 7.37. The van der Waals surface area contributed by atoms with Crippen molar-refractivity contribution in [3.8, 4) is 11.3 Å². The predicted octanol–water partition coefficient (Wildman–Crippen LogP) is 3.85. The largest absolute Gasteiger partial charge is 0.381 e. The highest BCUT2D eigenvalue weighted by atomic mass is 16.5. The van der Waals surface area contributed by atoms with Gasteiger partial charge in [-0.1, -0.05) is 35.5 Å². The zero-order chi connectivity index (χ0) is 27.2. The van der Waals surface area contributed by atoms with Crippen molar-refractivity contribution in [3.05, 3.63) is 60.0 Å². The van der Waals surface area contributed by atoms with E-state index in [2.05, 4.69) is 68.1 Å². The summed E-state index contributed by atoms with van der Waals surface area (Å²) >= 11 is 0. The Morgan fingerprint density at radius 3 is 2.45 bits per heavy atom. The zero-order valence-electron chi connectivity index (χ0n) is 23.4. The van der Waals surface area contributed by atoms with Gasteiger partial charge in [0.1, 0.15) is 5.65 Å². The number of aromatic nitrogens is 7. The van der Waals surface area contributed by atoms with Crippen LogP contribution < -0.4 is 4.90 Å².